The van der Waals surface area contributed by atoms with Crippen LogP contribution in [0.5, 0.6) is 0 Å². The molecule has 4 heteroatoms. The first-order valence-electron chi connectivity index (χ1n) is 5.97. The number of carbonyl (C=O) groups excluding carboxylic acids is 1. The summed E-state index contributed by atoms with van der Waals surface area (Å²) in [6.07, 6.45) is 3.81. The number of esters is 1. The fraction of sp³-hybridized carbons (Fsp3) is 0.909. The Morgan fingerprint density at radius 2 is 2.07 bits per heavy atom. The van der Waals surface area contributed by atoms with Crippen molar-refractivity contribution >= 4 is 5.97 Å². The number of hydrazine groups is 1. The molecule has 3 fully saturated rings. The van der Waals surface area contributed by atoms with Gasteiger partial charge in [-0.15, -0.1) is 0 Å². The van der Waals surface area contributed by atoms with Crippen molar-refractivity contribution in [2.24, 2.45) is 17.8 Å². The Morgan fingerprint density at radius 1 is 1.27 bits per heavy atom. The predicted molar refractivity (Wildman–Crippen MR) is 54.8 cm³/mol. The molecule has 1 aliphatic heterocycles. The molecule has 0 aromatic rings. The smallest absolute Gasteiger partial charge is 0.324 e. The zero-order valence-corrected chi connectivity index (χ0v) is 9.03. The van der Waals surface area contributed by atoms with Crippen LogP contribution in [0.25, 0.3) is 0 Å². The van der Waals surface area contributed by atoms with Crippen LogP contribution in [-0.2, 0) is 9.53 Å². The second-order valence-corrected chi connectivity index (χ2v) is 5.02. The van der Waals surface area contributed by atoms with Gasteiger partial charge in [0.15, 0.2) is 0 Å². The number of fused-ring (bicyclic) bond motifs is 2. The Hall–Kier alpha value is -0.610. The molecule has 4 nitrogen and oxygen atoms in total. The van der Waals surface area contributed by atoms with E-state index < -0.39 is 0 Å². The standard InChI is InChI=1S/C11H18N2O2/c1-2-15-11(14)10-8-4-6-3-7(6)5-9(8)12-13-10/h6-10,12-13H,2-5H2,1H3. The van der Waals surface area contributed by atoms with Gasteiger partial charge in [0.25, 0.3) is 0 Å². The van der Waals surface area contributed by atoms with E-state index in [1.54, 1.807) is 0 Å². The molecule has 2 saturated carbocycles. The van der Waals surface area contributed by atoms with Gasteiger partial charge in [-0.3, -0.25) is 10.2 Å². The molecule has 2 N–H and O–H groups in total. The molecular weight excluding hydrogens is 192 g/mol. The van der Waals surface area contributed by atoms with Gasteiger partial charge >= 0.3 is 5.97 Å². The highest BCUT2D eigenvalue weighted by atomic mass is 16.5. The minimum absolute atomic E-state index is 0.0865. The zero-order valence-electron chi connectivity index (χ0n) is 9.03. The number of hydrogen-bond acceptors (Lipinski definition) is 4. The third-order valence-electron chi connectivity index (χ3n) is 4.11. The molecule has 15 heavy (non-hydrogen) atoms. The average Bonchev–Trinajstić information content (AvgIpc) is 2.85. The summed E-state index contributed by atoms with van der Waals surface area (Å²) in [5, 5.41) is 0. The normalized spacial score (nSPS) is 46.9. The number of rotatable bonds is 2. The fourth-order valence-corrected chi connectivity index (χ4v) is 3.21. The lowest BCUT2D eigenvalue weighted by molar-refractivity contribution is -0.146. The highest BCUT2D eigenvalue weighted by Crippen LogP contribution is 2.52. The first kappa shape index (κ1) is 9.60. The minimum atomic E-state index is -0.114. The molecule has 5 unspecified atom stereocenters. The van der Waals surface area contributed by atoms with Crippen LogP contribution in [0.1, 0.15) is 26.2 Å². The molecule has 3 aliphatic rings. The molecule has 84 valence electrons. The van der Waals surface area contributed by atoms with Gasteiger partial charge in [0.05, 0.1) is 6.61 Å². The number of hydrogen-bond donors (Lipinski definition) is 2. The van der Waals surface area contributed by atoms with Crippen molar-refractivity contribution in [1.82, 2.24) is 10.9 Å². The lowest BCUT2D eigenvalue weighted by Gasteiger charge is -2.25. The van der Waals surface area contributed by atoms with Crippen molar-refractivity contribution in [2.45, 2.75) is 38.3 Å². The Kier molecular flexibility index (Phi) is 2.21. The van der Waals surface area contributed by atoms with E-state index in [1.807, 2.05) is 6.92 Å². The summed E-state index contributed by atoms with van der Waals surface area (Å²) in [6.45, 7) is 2.33. The summed E-state index contributed by atoms with van der Waals surface area (Å²) in [5.74, 6) is 2.19. The van der Waals surface area contributed by atoms with Crippen LogP contribution >= 0.6 is 0 Å². The highest BCUT2D eigenvalue weighted by Gasteiger charge is 2.52. The Labute approximate surface area is 89.7 Å². The van der Waals surface area contributed by atoms with Crippen LogP contribution in [-0.4, -0.2) is 24.7 Å². The van der Waals surface area contributed by atoms with Crippen molar-refractivity contribution in [2.75, 3.05) is 6.61 Å². The summed E-state index contributed by atoms with van der Waals surface area (Å²) in [6, 6.07) is 0.375. The maximum atomic E-state index is 11.7. The molecular formula is C11H18N2O2. The number of nitrogens with one attached hydrogen (secondary N) is 2. The summed E-state index contributed by atoms with van der Waals surface area (Å²) in [7, 11) is 0. The first-order valence-corrected chi connectivity index (χ1v) is 5.97. The van der Waals surface area contributed by atoms with E-state index in [-0.39, 0.29) is 12.0 Å². The van der Waals surface area contributed by atoms with Crippen LogP contribution in [0.2, 0.25) is 0 Å². The van der Waals surface area contributed by atoms with E-state index in [1.165, 1.54) is 19.3 Å². The van der Waals surface area contributed by atoms with Gasteiger partial charge in [-0.2, -0.15) is 0 Å². The van der Waals surface area contributed by atoms with Gasteiger partial charge in [-0.05, 0) is 38.0 Å². The van der Waals surface area contributed by atoms with Crippen LogP contribution in [0, 0.1) is 17.8 Å². The summed E-state index contributed by atoms with van der Waals surface area (Å²) >= 11 is 0. The lowest BCUT2D eigenvalue weighted by atomic mass is 9.82. The van der Waals surface area contributed by atoms with Crippen LogP contribution in [0.3, 0.4) is 0 Å². The van der Waals surface area contributed by atoms with Gasteiger partial charge in [-0.25, -0.2) is 5.43 Å². The monoisotopic (exact) mass is 210 g/mol. The second-order valence-electron chi connectivity index (χ2n) is 5.02. The Bertz CT molecular complexity index is 282. The van der Waals surface area contributed by atoms with Crippen LogP contribution in [0.15, 0.2) is 0 Å². The molecule has 3 rings (SSSR count). The van der Waals surface area contributed by atoms with E-state index in [4.69, 9.17) is 4.74 Å². The maximum Gasteiger partial charge on any atom is 0.324 e. The van der Waals surface area contributed by atoms with Crippen molar-refractivity contribution in [3.63, 3.8) is 0 Å². The predicted octanol–water partition coefficient (Wildman–Crippen LogP) is 0.441. The van der Waals surface area contributed by atoms with Crippen LogP contribution in [0.4, 0.5) is 0 Å². The Morgan fingerprint density at radius 3 is 2.87 bits per heavy atom. The quantitative estimate of drug-likeness (QED) is 0.649. The molecule has 1 heterocycles. The van der Waals surface area contributed by atoms with Gasteiger partial charge in [-0.1, -0.05) is 0 Å². The van der Waals surface area contributed by atoms with Gasteiger partial charge < -0.3 is 4.74 Å². The van der Waals surface area contributed by atoms with Gasteiger partial charge in [0, 0.05) is 12.0 Å². The third kappa shape index (κ3) is 1.56. The SMILES string of the molecule is CCOC(=O)C1NNC2CC3CC3CC21. The molecule has 0 spiro atoms. The van der Waals surface area contributed by atoms with Crippen molar-refractivity contribution in [3.05, 3.63) is 0 Å². The molecule has 0 aromatic heterocycles. The molecule has 5 atom stereocenters. The lowest BCUT2D eigenvalue weighted by Crippen LogP contribution is -2.40. The van der Waals surface area contributed by atoms with E-state index in [0.717, 1.165) is 11.8 Å². The Balaban J connectivity index is 1.68. The summed E-state index contributed by atoms with van der Waals surface area (Å²) < 4.78 is 5.08. The molecule has 0 radical (unpaired) electrons. The summed E-state index contributed by atoms with van der Waals surface area (Å²) in [5.41, 5.74) is 6.35. The minimum Gasteiger partial charge on any atom is -0.465 e. The second kappa shape index (κ2) is 3.46. The largest absolute Gasteiger partial charge is 0.465 e. The van der Waals surface area contributed by atoms with Gasteiger partial charge in [0.1, 0.15) is 6.04 Å². The maximum absolute atomic E-state index is 11.7. The molecule has 0 bridgehead atoms. The average molecular weight is 210 g/mol. The molecule has 0 aromatic carbocycles. The molecule has 1 saturated heterocycles. The number of carbonyl (C=O) groups is 1. The van der Waals surface area contributed by atoms with Crippen molar-refractivity contribution in [3.8, 4) is 0 Å². The fourth-order valence-electron chi connectivity index (χ4n) is 3.21. The van der Waals surface area contributed by atoms with Crippen molar-refractivity contribution < 1.29 is 9.53 Å². The molecule has 2 aliphatic carbocycles. The number of ether oxygens (including phenoxy) is 1. The van der Waals surface area contributed by atoms with Gasteiger partial charge in [0.2, 0.25) is 0 Å². The van der Waals surface area contributed by atoms with Crippen molar-refractivity contribution in [1.29, 1.82) is 0 Å². The molecule has 0 amide bonds. The van der Waals surface area contributed by atoms with E-state index >= 15 is 0 Å². The zero-order chi connectivity index (χ0) is 10.4. The van der Waals surface area contributed by atoms with Crippen LogP contribution < -0.4 is 10.9 Å². The first-order chi connectivity index (χ1) is 7.29. The summed E-state index contributed by atoms with van der Waals surface area (Å²) in [4.78, 5) is 11.7. The third-order valence-corrected chi connectivity index (χ3v) is 4.11. The van der Waals surface area contributed by atoms with E-state index in [0.29, 0.717) is 18.6 Å². The highest BCUT2D eigenvalue weighted by molar-refractivity contribution is 5.76. The van der Waals surface area contributed by atoms with E-state index in [9.17, 15) is 4.79 Å². The van der Waals surface area contributed by atoms with E-state index in [2.05, 4.69) is 10.9 Å². The topological polar surface area (TPSA) is 50.4 Å².